The van der Waals surface area contributed by atoms with Crippen molar-refractivity contribution in [3.63, 3.8) is 0 Å². The number of nitrogens with one attached hydrogen (secondary N) is 1. The third-order valence-corrected chi connectivity index (χ3v) is 5.28. The van der Waals surface area contributed by atoms with Gasteiger partial charge in [0, 0.05) is 30.9 Å². The van der Waals surface area contributed by atoms with Gasteiger partial charge in [-0.15, -0.1) is 0 Å². The lowest BCUT2D eigenvalue weighted by Crippen LogP contribution is -2.50. The fraction of sp³-hybridized carbons (Fsp3) is 0.500. The Labute approximate surface area is 196 Å². The van der Waals surface area contributed by atoms with Gasteiger partial charge >= 0.3 is 12.1 Å². The number of ether oxygens (including phenoxy) is 2. The van der Waals surface area contributed by atoms with Crippen molar-refractivity contribution in [1.82, 2.24) is 19.9 Å². The normalized spacial score (nSPS) is 18.1. The van der Waals surface area contributed by atoms with Crippen molar-refractivity contribution in [3.8, 4) is 0 Å². The largest absolute Gasteiger partial charge is 0.465 e. The summed E-state index contributed by atoms with van der Waals surface area (Å²) in [6.07, 6.45) is 2.18. The Morgan fingerprint density at radius 3 is 2.67 bits per heavy atom. The maximum absolute atomic E-state index is 13.4. The first-order chi connectivity index (χ1) is 15.6. The molecule has 33 heavy (non-hydrogen) atoms. The summed E-state index contributed by atoms with van der Waals surface area (Å²) < 4.78 is 11.6. The standard InChI is InChI=1S/C22H28ClN5O5/c1-5-32-18(29)13-27-17(23)12-26-19(20(27)30)28(21(31)33-22(2,3)4)16-11-24-10-14(16)15-8-6-7-9-25-15/h6-9,12,14,16,24H,5,10-11,13H2,1-4H3. The smallest absolute Gasteiger partial charge is 0.416 e. The zero-order valence-electron chi connectivity index (χ0n) is 19.1. The van der Waals surface area contributed by atoms with E-state index < -0.39 is 35.8 Å². The van der Waals surface area contributed by atoms with Crippen LogP contribution in [0.1, 0.15) is 39.3 Å². The van der Waals surface area contributed by atoms with E-state index in [2.05, 4.69) is 15.3 Å². The molecule has 2 atom stereocenters. The molecule has 2 unspecified atom stereocenters. The molecule has 0 aromatic carbocycles. The van der Waals surface area contributed by atoms with E-state index in [1.807, 2.05) is 12.1 Å². The molecule has 1 saturated heterocycles. The van der Waals surface area contributed by atoms with Crippen LogP contribution in [0.4, 0.5) is 10.6 Å². The molecule has 3 heterocycles. The number of carbonyl (C=O) groups excluding carboxylic acids is 2. The third kappa shape index (κ3) is 5.88. The summed E-state index contributed by atoms with van der Waals surface area (Å²) in [6, 6.07) is 5.03. The van der Waals surface area contributed by atoms with Gasteiger partial charge in [0.05, 0.1) is 18.8 Å². The Bertz CT molecular complexity index is 1050. The van der Waals surface area contributed by atoms with Crippen LogP contribution in [0.15, 0.2) is 35.4 Å². The van der Waals surface area contributed by atoms with E-state index in [4.69, 9.17) is 21.1 Å². The Kier molecular flexibility index (Phi) is 7.70. The van der Waals surface area contributed by atoms with E-state index in [9.17, 15) is 14.4 Å². The van der Waals surface area contributed by atoms with Gasteiger partial charge in [0.2, 0.25) is 5.82 Å². The predicted octanol–water partition coefficient (Wildman–Crippen LogP) is 2.35. The van der Waals surface area contributed by atoms with Crippen LogP contribution in [0.2, 0.25) is 5.15 Å². The molecule has 2 aromatic rings. The number of pyridine rings is 1. The summed E-state index contributed by atoms with van der Waals surface area (Å²) in [5.74, 6) is -1.03. The second-order valence-corrected chi connectivity index (χ2v) is 8.93. The number of rotatable bonds is 6. The van der Waals surface area contributed by atoms with Gasteiger partial charge in [-0.2, -0.15) is 0 Å². The fourth-order valence-corrected chi connectivity index (χ4v) is 3.81. The molecule has 1 amide bonds. The molecule has 11 heteroatoms. The first kappa shape index (κ1) is 24.7. The third-order valence-electron chi connectivity index (χ3n) is 4.98. The molecule has 0 radical (unpaired) electrons. The summed E-state index contributed by atoms with van der Waals surface area (Å²) in [4.78, 5) is 48.6. The van der Waals surface area contributed by atoms with Crippen molar-refractivity contribution in [2.75, 3.05) is 24.6 Å². The average molecular weight is 478 g/mol. The molecule has 1 aliphatic heterocycles. The van der Waals surface area contributed by atoms with E-state index in [1.165, 1.54) is 11.1 Å². The second kappa shape index (κ2) is 10.3. The van der Waals surface area contributed by atoms with Crippen molar-refractivity contribution in [3.05, 3.63) is 51.8 Å². The zero-order chi connectivity index (χ0) is 24.2. The number of amides is 1. The number of hydrogen-bond donors (Lipinski definition) is 1. The summed E-state index contributed by atoms with van der Waals surface area (Å²) in [6.45, 7) is 7.56. The fourth-order valence-electron chi connectivity index (χ4n) is 3.63. The molecule has 1 aliphatic rings. The predicted molar refractivity (Wildman–Crippen MR) is 122 cm³/mol. The highest BCUT2D eigenvalue weighted by molar-refractivity contribution is 6.29. The van der Waals surface area contributed by atoms with Crippen LogP contribution in [-0.2, 0) is 20.8 Å². The minimum Gasteiger partial charge on any atom is -0.465 e. The number of halogens is 1. The number of esters is 1. The van der Waals surface area contributed by atoms with Gasteiger partial charge in [-0.1, -0.05) is 17.7 Å². The maximum Gasteiger partial charge on any atom is 0.416 e. The lowest BCUT2D eigenvalue weighted by molar-refractivity contribution is -0.143. The highest BCUT2D eigenvalue weighted by Gasteiger charge is 2.41. The monoisotopic (exact) mass is 477 g/mol. The minimum atomic E-state index is -0.807. The first-order valence-corrected chi connectivity index (χ1v) is 11.0. The zero-order valence-corrected chi connectivity index (χ0v) is 19.8. The number of nitrogens with zero attached hydrogens (tertiary/aromatic N) is 4. The van der Waals surface area contributed by atoms with E-state index in [0.717, 1.165) is 10.3 Å². The van der Waals surface area contributed by atoms with Gasteiger partial charge in [0.15, 0.2) is 0 Å². The van der Waals surface area contributed by atoms with Crippen LogP contribution in [0.3, 0.4) is 0 Å². The van der Waals surface area contributed by atoms with Crippen molar-refractivity contribution in [2.24, 2.45) is 0 Å². The van der Waals surface area contributed by atoms with Gasteiger partial charge in [0.1, 0.15) is 17.3 Å². The van der Waals surface area contributed by atoms with Crippen molar-refractivity contribution >= 4 is 29.5 Å². The summed E-state index contributed by atoms with van der Waals surface area (Å²) >= 11 is 6.16. The van der Waals surface area contributed by atoms with Gasteiger partial charge in [-0.3, -0.25) is 24.0 Å². The minimum absolute atomic E-state index is 0.0493. The molecule has 1 fully saturated rings. The van der Waals surface area contributed by atoms with Gasteiger partial charge in [-0.25, -0.2) is 9.78 Å². The highest BCUT2D eigenvalue weighted by Crippen LogP contribution is 2.29. The number of hydrogen-bond acceptors (Lipinski definition) is 8. The highest BCUT2D eigenvalue weighted by atomic mass is 35.5. The summed E-state index contributed by atoms with van der Waals surface area (Å²) in [5.41, 5.74) is -0.743. The van der Waals surface area contributed by atoms with Gasteiger partial charge in [0.25, 0.3) is 5.56 Å². The molecule has 0 aliphatic carbocycles. The Morgan fingerprint density at radius 1 is 1.27 bits per heavy atom. The molecule has 0 saturated carbocycles. The molecule has 0 bridgehead atoms. The molecule has 1 N–H and O–H groups in total. The van der Waals surface area contributed by atoms with Crippen LogP contribution in [0.25, 0.3) is 0 Å². The summed E-state index contributed by atoms with van der Waals surface area (Å²) in [7, 11) is 0. The molecule has 3 rings (SSSR count). The lowest BCUT2D eigenvalue weighted by atomic mass is 9.97. The van der Waals surface area contributed by atoms with Gasteiger partial charge in [-0.05, 0) is 39.8 Å². The van der Waals surface area contributed by atoms with Gasteiger partial charge < -0.3 is 14.8 Å². The van der Waals surface area contributed by atoms with Crippen LogP contribution < -0.4 is 15.8 Å². The summed E-state index contributed by atoms with van der Waals surface area (Å²) in [5, 5.41) is 3.21. The van der Waals surface area contributed by atoms with E-state index in [0.29, 0.717) is 13.1 Å². The van der Waals surface area contributed by atoms with Crippen molar-refractivity contribution < 1.29 is 19.1 Å². The number of anilines is 1. The van der Waals surface area contributed by atoms with E-state index in [1.54, 1.807) is 40.0 Å². The van der Waals surface area contributed by atoms with Crippen LogP contribution in [-0.4, -0.2) is 57.9 Å². The van der Waals surface area contributed by atoms with E-state index in [-0.39, 0.29) is 23.5 Å². The molecule has 0 spiro atoms. The SMILES string of the molecule is CCOC(=O)Cn1c(Cl)cnc(N(C(=O)OC(C)(C)C)C2CNCC2c2ccccn2)c1=O. The average Bonchev–Trinajstić information content (AvgIpc) is 3.22. The first-order valence-electron chi connectivity index (χ1n) is 10.7. The van der Waals surface area contributed by atoms with Crippen LogP contribution >= 0.6 is 11.6 Å². The van der Waals surface area contributed by atoms with E-state index >= 15 is 0 Å². The quantitative estimate of drug-likeness (QED) is 0.630. The van der Waals surface area contributed by atoms with Crippen LogP contribution in [0.5, 0.6) is 0 Å². The molecular formula is C22H28ClN5O5. The lowest BCUT2D eigenvalue weighted by Gasteiger charge is -2.33. The molecular weight excluding hydrogens is 450 g/mol. The van der Waals surface area contributed by atoms with Crippen LogP contribution in [0, 0.1) is 0 Å². The molecule has 10 nitrogen and oxygen atoms in total. The molecule has 2 aromatic heterocycles. The second-order valence-electron chi connectivity index (χ2n) is 8.54. The Morgan fingerprint density at radius 2 is 2.03 bits per heavy atom. The topological polar surface area (TPSA) is 116 Å². The maximum atomic E-state index is 13.4. The van der Waals surface area contributed by atoms with Crippen molar-refractivity contribution in [1.29, 1.82) is 0 Å². The number of aromatic nitrogens is 3. The molecule has 178 valence electrons. The number of carbonyl (C=O) groups is 2. The van der Waals surface area contributed by atoms with Crippen molar-refractivity contribution in [2.45, 2.75) is 51.8 Å². The Balaban J connectivity index is 2.08. The Hall–Kier alpha value is -2.98.